The van der Waals surface area contributed by atoms with Crippen molar-refractivity contribution < 1.29 is 18.7 Å². The van der Waals surface area contributed by atoms with Crippen molar-refractivity contribution >= 4 is 17.5 Å². The molecule has 0 heterocycles. The monoisotopic (exact) mass is 332 g/mol. The summed E-state index contributed by atoms with van der Waals surface area (Å²) in [5.41, 5.74) is 6.85. The number of benzene rings is 2. The predicted octanol–water partition coefficient (Wildman–Crippen LogP) is 4.43. The van der Waals surface area contributed by atoms with Gasteiger partial charge in [-0.05, 0) is 32.9 Å². The lowest BCUT2D eigenvalue weighted by atomic mass is 10.0. The lowest BCUT2D eigenvalue weighted by Gasteiger charge is -2.20. The van der Waals surface area contributed by atoms with Crippen LogP contribution in [0.4, 0.5) is 20.6 Å². The molecule has 0 radical (unpaired) electrons. The van der Waals surface area contributed by atoms with Crippen LogP contribution in [0.15, 0.2) is 36.4 Å². The first-order valence-corrected chi connectivity index (χ1v) is 7.43. The van der Waals surface area contributed by atoms with Gasteiger partial charge in [0.2, 0.25) is 0 Å². The molecule has 0 bridgehead atoms. The van der Waals surface area contributed by atoms with Gasteiger partial charge in [0.05, 0.1) is 18.5 Å². The molecule has 0 aliphatic rings. The van der Waals surface area contributed by atoms with Crippen LogP contribution in [0.2, 0.25) is 0 Å². The van der Waals surface area contributed by atoms with Gasteiger partial charge in [-0.15, -0.1) is 0 Å². The molecule has 128 valence electrons. The van der Waals surface area contributed by atoms with Crippen molar-refractivity contribution in [2.45, 2.75) is 26.4 Å². The third-order valence-electron chi connectivity index (χ3n) is 3.17. The number of nitrogens with two attached hydrogens (primary N) is 1. The van der Waals surface area contributed by atoms with E-state index in [0.717, 1.165) is 0 Å². The summed E-state index contributed by atoms with van der Waals surface area (Å²) in [6.07, 6.45) is -0.630. The number of halogens is 1. The van der Waals surface area contributed by atoms with E-state index in [-0.39, 0.29) is 11.5 Å². The molecule has 0 aliphatic heterocycles. The molecule has 0 spiro atoms. The molecule has 0 unspecified atom stereocenters. The lowest BCUT2D eigenvalue weighted by molar-refractivity contribution is 0.0636. The number of ether oxygens (including phenoxy) is 2. The number of hydrogen-bond acceptors (Lipinski definition) is 4. The number of amides is 1. The Labute approximate surface area is 140 Å². The first-order chi connectivity index (χ1) is 11.2. The number of nitrogen functional groups attached to an aromatic ring is 1. The van der Waals surface area contributed by atoms with E-state index in [2.05, 4.69) is 5.32 Å². The standard InChI is InChI=1S/C18H21FN2O3/c1-18(2,3)24-17(22)21-15-10-16(23-4)12(9-14(15)20)11-7-5-6-8-13(11)19/h5-10H,20H2,1-4H3,(H,21,22). The second-order valence-corrected chi connectivity index (χ2v) is 6.25. The van der Waals surface area contributed by atoms with Crippen LogP contribution in [0.3, 0.4) is 0 Å². The zero-order chi connectivity index (χ0) is 17.9. The van der Waals surface area contributed by atoms with E-state index in [1.807, 2.05) is 0 Å². The number of carbonyl (C=O) groups excluding carboxylic acids is 1. The van der Waals surface area contributed by atoms with Crippen molar-refractivity contribution in [1.82, 2.24) is 0 Å². The number of nitrogens with one attached hydrogen (secondary N) is 1. The second-order valence-electron chi connectivity index (χ2n) is 6.25. The minimum atomic E-state index is -0.630. The van der Waals surface area contributed by atoms with Crippen LogP contribution in [0.25, 0.3) is 11.1 Å². The minimum absolute atomic E-state index is 0.278. The Kier molecular flexibility index (Phi) is 4.97. The molecule has 0 saturated carbocycles. The van der Waals surface area contributed by atoms with Gasteiger partial charge in [-0.25, -0.2) is 9.18 Å². The molecule has 1 amide bonds. The number of hydrogen-bond donors (Lipinski definition) is 2. The van der Waals surface area contributed by atoms with Crippen LogP contribution in [0.5, 0.6) is 5.75 Å². The number of anilines is 2. The van der Waals surface area contributed by atoms with E-state index in [9.17, 15) is 9.18 Å². The lowest BCUT2D eigenvalue weighted by Crippen LogP contribution is -2.27. The molecule has 24 heavy (non-hydrogen) atoms. The van der Waals surface area contributed by atoms with Gasteiger partial charge in [0.15, 0.2) is 0 Å². The van der Waals surface area contributed by atoms with Gasteiger partial charge in [0, 0.05) is 17.2 Å². The fourth-order valence-electron chi connectivity index (χ4n) is 2.18. The summed E-state index contributed by atoms with van der Waals surface area (Å²) < 4.78 is 24.5. The maximum absolute atomic E-state index is 14.0. The van der Waals surface area contributed by atoms with Crippen molar-refractivity contribution in [3.8, 4) is 16.9 Å². The highest BCUT2D eigenvalue weighted by atomic mass is 19.1. The highest BCUT2D eigenvalue weighted by molar-refractivity contribution is 5.92. The van der Waals surface area contributed by atoms with Gasteiger partial charge in [0.25, 0.3) is 0 Å². The van der Waals surface area contributed by atoms with Crippen molar-refractivity contribution in [3.05, 3.63) is 42.2 Å². The molecule has 0 aromatic heterocycles. The SMILES string of the molecule is COc1cc(NC(=O)OC(C)(C)C)c(N)cc1-c1ccccc1F. The van der Waals surface area contributed by atoms with E-state index >= 15 is 0 Å². The Bertz CT molecular complexity index is 754. The predicted molar refractivity (Wildman–Crippen MR) is 92.7 cm³/mol. The Morgan fingerprint density at radius 3 is 2.42 bits per heavy atom. The highest BCUT2D eigenvalue weighted by Gasteiger charge is 2.19. The van der Waals surface area contributed by atoms with E-state index in [0.29, 0.717) is 22.6 Å². The zero-order valence-corrected chi connectivity index (χ0v) is 14.1. The molecular formula is C18H21FN2O3. The molecule has 3 N–H and O–H groups in total. The largest absolute Gasteiger partial charge is 0.496 e. The second kappa shape index (κ2) is 6.78. The van der Waals surface area contributed by atoms with E-state index in [1.165, 1.54) is 13.2 Å². The van der Waals surface area contributed by atoms with E-state index in [1.54, 1.807) is 51.1 Å². The fourth-order valence-corrected chi connectivity index (χ4v) is 2.18. The molecule has 0 saturated heterocycles. The number of carbonyl (C=O) groups is 1. The molecule has 2 rings (SSSR count). The van der Waals surface area contributed by atoms with Gasteiger partial charge < -0.3 is 15.2 Å². The van der Waals surface area contributed by atoms with Crippen LogP contribution < -0.4 is 15.8 Å². The van der Waals surface area contributed by atoms with Crippen LogP contribution >= 0.6 is 0 Å². The van der Waals surface area contributed by atoms with Gasteiger partial charge >= 0.3 is 6.09 Å². The molecule has 2 aromatic rings. The average Bonchev–Trinajstić information content (AvgIpc) is 2.47. The summed E-state index contributed by atoms with van der Waals surface area (Å²) in [5, 5.41) is 2.57. The maximum Gasteiger partial charge on any atom is 0.412 e. The quantitative estimate of drug-likeness (QED) is 0.816. The summed E-state index contributed by atoms with van der Waals surface area (Å²) >= 11 is 0. The van der Waals surface area contributed by atoms with Gasteiger partial charge in [-0.1, -0.05) is 18.2 Å². The Morgan fingerprint density at radius 2 is 1.83 bits per heavy atom. The fraction of sp³-hybridized carbons (Fsp3) is 0.278. The van der Waals surface area contributed by atoms with Crippen molar-refractivity contribution in [1.29, 1.82) is 0 Å². The van der Waals surface area contributed by atoms with Gasteiger partial charge in [-0.3, -0.25) is 5.32 Å². The third-order valence-corrected chi connectivity index (χ3v) is 3.17. The molecule has 2 aromatic carbocycles. The topological polar surface area (TPSA) is 73.6 Å². The van der Waals surface area contributed by atoms with Crippen molar-refractivity contribution in [3.63, 3.8) is 0 Å². The molecule has 5 nitrogen and oxygen atoms in total. The van der Waals surface area contributed by atoms with Crippen LogP contribution in [-0.4, -0.2) is 18.8 Å². The maximum atomic E-state index is 14.0. The average molecular weight is 332 g/mol. The molecular weight excluding hydrogens is 311 g/mol. The van der Waals surface area contributed by atoms with Gasteiger partial charge in [-0.2, -0.15) is 0 Å². The van der Waals surface area contributed by atoms with Crippen molar-refractivity contribution in [2.75, 3.05) is 18.2 Å². The van der Waals surface area contributed by atoms with Crippen LogP contribution in [0.1, 0.15) is 20.8 Å². The van der Waals surface area contributed by atoms with Crippen LogP contribution in [-0.2, 0) is 4.74 Å². The Hall–Kier alpha value is -2.76. The van der Waals surface area contributed by atoms with E-state index < -0.39 is 11.7 Å². The highest BCUT2D eigenvalue weighted by Crippen LogP contribution is 2.37. The zero-order valence-electron chi connectivity index (χ0n) is 14.1. The smallest absolute Gasteiger partial charge is 0.412 e. The summed E-state index contributed by atoms with van der Waals surface area (Å²) in [6, 6.07) is 9.42. The van der Waals surface area contributed by atoms with Crippen molar-refractivity contribution in [2.24, 2.45) is 0 Å². The minimum Gasteiger partial charge on any atom is -0.496 e. The first kappa shape index (κ1) is 17.6. The molecule has 0 atom stereocenters. The molecule has 0 fully saturated rings. The Balaban J connectivity index is 2.38. The third kappa shape index (κ3) is 4.16. The first-order valence-electron chi connectivity index (χ1n) is 7.43. The summed E-state index contributed by atoms with van der Waals surface area (Å²) in [6.45, 7) is 5.29. The van der Waals surface area contributed by atoms with Crippen LogP contribution in [0, 0.1) is 5.82 Å². The number of rotatable bonds is 3. The molecule has 0 aliphatic carbocycles. The number of methoxy groups -OCH3 is 1. The molecule has 6 heteroatoms. The Morgan fingerprint density at radius 1 is 1.17 bits per heavy atom. The van der Waals surface area contributed by atoms with E-state index in [4.69, 9.17) is 15.2 Å². The summed E-state index contributed by atoms with van der Waals surface area (Å²) in [7, 11) is 1.47. The van der Waals surface area contributed by atoms with Gasteiger partial charge in [0.1, 0.15) is 17.2 Å². The summed E-state index contributed by atoms with van der Waals surface area (Å²) in [4.78, 5) is 11.9. The normalized spacial score (nSPS) is 11.0. The summed E-state index contributed by atoms with van der Waals surface area (Å²) in [5.74, 6) is 0.00316.